The summed E-state index contributed by atoms with van der Waals surface area (Å²) in [4.78, 5) is 22.0. The number of carboxylic acid groups (broad SMARTS) is 1. The number of anilines is 1. The highest BCUT2D eigenvalue weighted by molar-refractivity contribution is 6.08. The van der Waals surface area contributed by atoms with E-state index < -0.39 is 17.9 Å². The molecule has 0 bridgehead atoms. The molecule has 4 N–H and O–H groups in total. The normalized spacial score (nSPS) is 11.7. The monoisotopic (exact) mass is 238 g/mol. The van der Waals surface area contributed by atoms with E-state index in [4.69, 9.17) is 15.6 Å². The van der Waals surface area contributed by atoms with Crippen molar-refractivity contribution in [3.8, 4) is 5.75 Å². The standard InChI is InChI=1S/C11H14N2O4/c1-6-3-4-8(17-2)7(5-6)13-10(14)9(12)11(15)16/h3-5,9H,12H2,1-2H3,(H,13,14)(H,15,16). The second kappa shape index (κ2) is 5.31. The Balaban J connectivity index is 2.91. The molecule has 1 atom stereocenters. The zero-order valence-electron chi connectivity index (χ0n) is 9.56. The molecule has 0 aliphatic carbocycles. The molecule has 0 spiro atoms. The molecule has 1 rings (SSSR count). The Morgan fingerprint density at radius 1 is 1.47 bits per heavy atom. The number of aliphatic carboxylic acids is 1. The molecule has 0 fully saturated rings. The Bertz CT molecular complexity index is 445. The van der Waals surface area contributed by atoms with Gasteiger partial charge >= 0.3 is 5.97 Å². The van der Waals surface area contributed by atoms with Crippen molar-refractivity contribution < 1.29 is 19.4 Å². The Kier molecular flexibility index (Phi) is 4.06. The summed E-state index contributed by atoms with van der Waals surface area (Å²) in [5.41, 5.74) is 6.49. The molecule has 0 aliphatic heterocycles. The zero-order chi connectivity index (χ0) is 13.0. The lowest BCUT2D eigenvalue weighted by Crippen LogP contribution is -2.42. The molecule has 0 aromatic heterocycles. The molecule has 1 aromatic carbocycles. The molecule has 1 unspecified atom stereocenters. The highest BCUT2D eigenvalue weighted by Gasteiger charge is 2.22. The Labute approximate surface area is 98.4 Å². The fourth-order valence-electron chi connectivity index (χ4n) is 1.24. The van der Waals surface area contributed by atoms with Gasteiger partial charge in [-0.2, -0.15) is 0 Å². The summed E-state index contributed by atoms with van der Waals surface area (Å²) in [6.07, 6.45) is 0. The minimum Gasteiger partial charge on any atom is -0.495 e. The molecule has 17 heavy (non-hydrogen) atoms. The molecule has 1 amide bonds. The van der Waals surface area contributed by atoms with Gasteiger partial charge in [-0.15, -0.1) is 0 Å². The van der Waals surface area contributed by atoms with Crippen molar-refractivity contribution in [1.82, 2.24) is 0 Å². The quantitative estimate of drug-likeness (QED) is 0.657. The zero-order valence-corrected chi connectivity index (χ0v) is 9.56. The second-order valence-corrected chi connectivity index (χ2v) is 3.51. The van der Waals surface area contributed by atoms with Crippen LogP contribution in [0.2, 0.25) is 0 Å². The summed E-state index contributed by atoms with van der Waals surface area (Å²) in [5, 5.41) is 11.0. The number of hydrogen-bond acceptors (Lipinski definition) is 4. The maximum Gasteiger partial charge on any atom is 0.330 e. The van der Waals surface area contributed by atoms with Crippen molar-refractivity contribution in [3.05, 3.63) is 23.8 Å². The van der Waals surface area contributed by atoms with Gasteiger partial charge in [-0.3, -0.25) is 4.79 Å². The van der Waals surface area contributed by atoms with Crippen LogP contribution in [0.1, 0.15) is 5.56 Å². The van der Waals surface area contributed by atoms with Crippen LogP contribution in [0.5, 0.6) is 5.75 Å². The molecule has 0 aliphatic rings. The first-order chi connectivity index (χ1) is 7.95. The number of nitrogens with two attached hydrogens (primary N) is 1. The molecule has 0 saturated heterocycles. The van der Waals surface area contributed by atoms with E-state index in [0.29, 0.717) is 11.4 Å². The van der Waals surface area contributed by atoms with Crippen molar-refractivity contribution in [2.24, 2.45) is 5.73 Å². The van der Waals surface area contributed by atoms with Gasteiger partial charge < -0.3 is 20.9 Å². The van der Waals surface area contributed by atoms with E-state index in [1.54, 1.807) is 12.1 Å². The molecule has 1 aromatic rings. The summed E-state index contributed by atoms with van der Waals surface area (Å²) >= 11 is 0. The first-order valence-corrected chi connectivity index (χ1v) is 4.89. The number of hydrogen-bond donors (Lipinski definition) is 3. The average Bonchev–Trinajstić information content (AvgIpc) is 2.28. The van der Waals surface area contributed by atoms with Crippen LogP contribution in [0.15, 0.2) is 18.2 Å². The maximum atomic E-state index is 11.5. The maximum absolute atomic E-state index is 11.5. The van der Waals surface area contributed by atoms with E-state index in [2.05, 4.69) is 5.32 Å². The molecule has 0 heterocycles. The van der Waals surface area contributed by atoms with Crippen LogP contribution in [-0.2, 0) is 9.59 Å². The molecule has 6 heteroatoms. The van der Waals surface area contributed by atoms with Crippen LogP contribution in [0.4, 0.5) is 5.69 Å². The number of carboxylic acids is 1. The van der Waals surface area contributed by atoms with E-state index >= 15 is 0 Å². The van der Waals surface area contributed by atoms with E-state index in [0.717, 1.165) is 5.56 Å². The van der Waals surface area contributed by atoms with Crippen LogP contribution in [0.3, 0.4) is 0 Å². The number of rotatable bonds is 4. The van der Waals surface area contributed by atoms with Crippen LogP contribution in [0.25, 0.3) is 0 Å². The van der Waals surface area contributed by atoms with Gasteiger partial charge in [0, 0.05) is 0 Å². The number of amides is 1. The van der Waals surface area contributed by atoms with E-state index in [1.807, 2.05) is 13.0 Å². The van der Waals surface area contributed by atoms with E-state index in [-0.39, 0.29) is 0 Å². The summed E-state index contributed by atoms with van der Waals surface area (Å²) in [6, 6.07) is 3.56. The summed E-state index contributed by atoms with van der Waals surface area (Å²) < 4.78 is 5.04. The molecule has 0 saturated carbocycles. The van der Waals surface area contributed by atoms with Crippen LogP contribution < -0.4 is 15.8 Å². The second-order valence-electron chi connectivity index (χ2n) is 3.51. The Morgan fingerprint density at radius 2 is 2.12 bits per heavy atom. The topological polar surface area (TPSA) is 102 Å². The largest absolute Gasteiger partial charge is 0.495 e. The van der Waals surface area contributed by atoms with Crippen molar-refractivity contribution >= 4 is 17.6 Å². The number of carbonyl (C=O) groups is 2. The third-order valence-corrected chi connectivity index (χ3v) is 2.16. The minimum atomic E-state index is -1.60. The van der Waals surface area contributed by atoms with Gasteiger partial charge in [-0.05, 0) is 24.6 Å². The molecular formula is C11H14N2O4. The van der Waals surface area contributed by atoms with Gasteiger partial charge in [-0.25, -0.2) is 4.79 Å². The predicted molar refractivity (Wildman–Crippen MR) is 62.0 cm³/mol. The number of aryl methyl sites for hydroxylation is 1. The number of benzene rings is 1. The number of carbonyl (C=O) groups excluding carboxylic acids is 1. The first kappa shape index (κ1) is 13.0. The minimum absolute atomic E-state index is 0.397. The van der Waals surface area contributed by atoms with Gasteiger partial charge in [-0.1, -0.05) is 6.07 Å². The van der Waals surface area contributed by atoms with Gasteiger partial charge in [0.15, 0.2) is 6.04 Å². The highest BCUT2D eigenvalue weighted by Crippen LogP contribution is 2.25. The third-order valence-electron chi connectivity index (χ3n) is 2.16. The number of ether oxygens (including phenoxy) is 1. The average molecular weight is 238 g/mol. The molecule has 6 nitrogen and oxygen atoms in total. The van der Waals surface area contributed by atoms with Gasteiger partial charge in [0.1, 0.15) is 5.75 Å². The van der Waals surface area contributed by atoms with Crippen molar-refractivity contribution in [3.63, 3.8) is 0 Å². The van der Waals surface area contributed by atoms with Crippen molar-refractivity contribution in [1.29, 1.82) is 0 Å². The lowest BCUT2D eigenvalue weighted by molar-refractivity contribution is -0.141. The van der Waals surface area contributed by atoms with Crippen LogP contribution in [-0.4, -0.2) is 30.1 Å². The highest BCUT2D eigenvalue weighted by atomic mass is 16.5. The smallest absolute Gasteiger partial charge is 0.330 e. The first-order valence-electron chi connectivity index (χ1n) is 4.89. The van der Waals surface area contributed by atoms with Gasteiger partial charge in [0.25, 0.3) is 5.91 Å². The van der Waals surface area contributed by atoms with E-state index in [9.17, 15) is 9.59 Å². The van der Waals surface area contributed by atoms with Crippen molar-refractivity contribution in [2.75, 3.05) is 12.4 Å². The van der Waals surface area contributed by atoms with E-state index in [1.165, 1.54) is 7.11 Å². The fourth-order valence-corrected chi connectivity index (χ4v) is 1.24. The molecule has 0 radical (unpaired) electrons. The third kappa shape index (κ3) is 3.18. The van der Waals surface area contributed by atoms with Crippen molar-refractivity contribution in [2.45, 2.75) is 13.0 Å². The molecule has 92 valence electrons. The summed E-state index contributed by atoms with van der Waals surface area (Å²) in [6.45, 7) is 1.84. The van der Waals surface area contributed by atoms with Crippen LogP contribution >= 0.6 is 0 Å². The number of methoxy groups -OCH3 is 1. The van der Waals surface area contributed by atoms with Gasteiger partial charge in [0.05, 0.1) is 12.8 Å². The fraction of sp³-hybridized carbons (Fsp3) is 0.273. The Hall–Kier alpha value is -2.08. The number of nitrogens with one attached hydrogen (secondary N) is 1. The lowest BCUT2D eigenvalue weighted by Gasteiger charge is -2.12. The van der Waals surface area contributed by atoms with Gasteiger partial charge in [0.2, 0.25) is 0 Å². The molecular weight excluding hydrogens is 224 g/mol. The lowest BCUT2D eigenvalue weighted by atomic mass is 10.2. The summed E-state index contributed by atoms with van der Waals surface area (Å²) in [5.74, 6) is -1.72. The van der Waals surface area contributed by atoms with Crippen LogP contribution in [0, 0.1) is 6.92 Å². The predicted octanol–water partition coefficient (Wildman–Crippen LogP) is 0.354. The SMILES string of the molecule is COc1ccc(C)cc1NC(=O)C(N)C(=O)O. The summed E-state index contributed by atoms with van der Waals surface area (Å²) in [7, 11) is 1.46. The Morgan fingerprint density at radius 3 is 2.65 bits per heavy atom.